The van der Waals surface area contributed by atoms with Crippen LogP contribution in [0.25, 0.3) is 0 Å². The van der Waals surface area contributed by atoms with Crippen molar-refractivity contribution in [2.75, 3.05) is 13.2 Å². The Labute approximate surface area is 126 Å². The van der Waals surface area contributed by atoms with Gasteiger partial charge in [-0.15, -0.1) is 0 Å². The second-order valence-corrected chi connectivity index (χ2v) is 6.88. The Bertz CT molecular complexity index is 548. The van der Waals surface area contributed by atoms with Gasteiger partial charge in [0.25, 0.3) is 0 Å². The van der Waals surface area contributed by atoms with Crippen molar-refractivity contribution in [2.45, 2.75) is 43.8 Å². The van der Waals surface area contributed by atoms with Gasteiger partial charge in [-0.3, -0.25) is 4.79 Å². The Kier molecular flexibility index (Phi) is 6.68. The molecule has 0 fully saturated rings. The van der Waals surface area contributed by atoms with E-state index >= 15 is 0 Å². The zero-order chi connectivity index (χ0) is 15.9. The molecule has 0 saturated carbocycles. The summed E-state index contributed by atoms with van der Waals surface area (Å²) in [5.41, 5.74) is 0. The fourth-order valence-electron chi connectivity index (χ4n) is 1.65. The first-order valence-corrected chi connectivity index (χ1v) is 8.61. The molecule has 1 aromatic rings. The first kappa shape index (κ1) is 17.5. The molecule has 0 aliphatic carbocycles. The van der Waals surface area contributed by atoms with Crippen LogP contribution in [0.4, 0.5) is 0 Å². The molecule has 0 bridgehead atoms. The summed E-state index contributed by atoms with van der Waals surface area (Å²) in [4.78, 5) is 11.7. The van der Waals surface area contributed by atoms with Crippen LogP contribution >= 0.6 is 0 Å². The van der Waals surface area contributed by atoms with E-state index in [2.05, 4.69) is 6.92 Å². The Balaban J connectivity index is 2.82. The molecule has 1 unspecified atom stereocenters. The standard InChI is InChI=1S/C15H22O5S/c1-4-6-11-20-13-7-9-14(10-8-13)21(17,18)12(3)15(16)19-5-2/h7-10,12H,4-6,11H2,1-3H3. The van der Waals surface area contributed by atoms with Gasteiger partial charge in [0.1, 0.15) is 5.75 Å². The van der Waals surface area contributed by atoms with Gasteiger partial charge in [-0.05, 0) is 44.5 Å². The summed E-state index contributed by atoms with van der Waals surface area (Å²) in [5, 5.41) is -1.22. The number of ether oxygens (including phenoxy) is 2. The molecule has 1 atom stereocenters. The van der Waals surface area contributed by atoms with Crippen LogP contribution in [0.2, 0.25) is 0 Å². The second kappa shape index (κ2) is 8.02. The third-order valence-corrected chi connectivity index (χ3v) is 5.06. The molecule has 1 rings (SSSR count). The first-order chi connectivity index (χ1) is 9.93. The van der Waals surface area contributed by atoms with E-state index < -0.39 is 21.1 Å². The molecule has 0 spiro atoms. The predicted octanol–water partition coefficient (Wildman–Crippen LogP) is 2.59. The van der Waals surface area contributed by atoms with Crippen molar-refractivity contribution in [2.24, 2.45) is 0 Å². The third kappa shape index (κ3) is 4.74. The maximum absolute atomic E-state index is 12.3. The van der Waals surface area contributed by atoms with E-state index in [1.807, 2.05) is 0 Å². The number of hydrogen-bond acceptors (Lipinski definition) is 5. The van der Waals surface area contributed by atoms with Crippen molar-refractivity contribution >= 4 is 15.8 Å². The normalized spacial score (nSPS) is 12.7. The molecule has 0 aliphatic rings. The Morgan fingerprint density at radius 3 is 2.33 bits per heavy atom. The molecule has 5 nitrogen and oxygen atoms in total. The van der Waals surface area contributed by atoms with Gasteiger partial charge in [-0.1, -0.05) is 13.3 Å². The zero-order valence-electron chi connectivity index (χ0n) is 12.7. The topological polar surface area (TPSA) is 69.7 Å². The molecular formula is C15H22O5S. The van der Waals surface area contributed by atoms with Crippen molar-refractivity contribution in [1.82, 2.24) is 0 Å². The summed E-state index contributed by atoms with van der Waals surface area (Å²) >= 11 is 0. The lowest BCUT2D eigenvalue weighted by Gasteiger charge is -2.12. The highest BCUT2D eigenvalue weighted by Gasteiger charge is 2.30. The number of carbonyl (C=O) groups excluding carboxylic acids is 1. The van der Waals surface area contributed by atoms with Crippen molar-refractivity contribution in [3.05, 3.63) is 24.3 Å². The van der Waals surface area contributed by atoms with Crippen LogP contribution in [0.15, 0.2) is 29.2 Å². The molecule has 118 valence electrons. The van der Waals surface area contributed by atoms with Crippen LogP contribution in [0, 0.1) is 0 Å². The van der Waals surface area contributed by atoms with Crippen LogP contribution in [-0.2, 0) is 19.4 Å². The van der Waals surface area contributed by atoms with Crippen LogP contribution in [-0.4, -0.2) is 32.9 Å². The van der Waals surface area contributed by atoms with E-state index in [4.69, 9.17) is 9.47 Å². The number of benzene rings is 1. The van der Waals surface area contributed by atoms with E-state index in [0.29, 0.717) is 12.4 Å². The van der Waals surface area contributed by atoms with Gasteiger partial charge in [0.05, 0.1) is 18.1 Å². The van der Waals surface area contributed by atoms with E-state index in [9.17, 15) is 13.2 Å². The van der Waals surface area contributed by atoms with Crippen LogP contribution < -0.4 is 4.74 Å². The van der Waals surface area contributed by atoms with Gasteiger partial charge < -0.3 is 9.47 Å². The molecule has 0 N–H and O–H groups in total. The summed E-state index contributed by atoms with van der Waals surface area (Å²) in [7, 11) is -3.73. The highest BCUT2D eigenvalue weighted by atomic mass is 32.2. The van der Waals surface area contributed by atoms with Gasteiger partial charge >= 0.3 is 5.97 Å². The minimum atomic E-state index is -3.73. The molecular weight excluding hydrogens is 292 g/mol. The highest BCUT2D eigenvalue weighted by Crippen LogP contribution is 2.20. The predicted molar refractivity (Wildman–Crippen MR) is 80.1 cm³/mol. The van der Waals surface area contributed by atoms with Crippen molar-refractivity contribution < 1.29 is 22.7 Å². The molecule has 0 radical (unpaired) electrons. The lowest BCUT2D eigenvalue weighted by Crippen LogP contribution is -2.29. The maximum atomic E-state index is 12.3. The molecule has 0 amide bonds. The number of sulfone groups is 1. The lowest BCUT2D eigenvalue weighted by molar-refractivity contribution is -0.142. The summed E-state index contributed by atoms with van der Waals surface area (Å²) in [6, 6.07) is 6.10. The highest BCUT2D eigenvalue weighted by molar-refractivity contribution is 7.92. The monoisotopic (exact) mass is 314 g/mol. The fraction of sp³-hybridized carbons (Fsp3) is 0.533. The van der Waals surface area contributed by atoms with Crippen LogP contribution in [0.3, 0.4) is 0 Å². The zero-order valence-corrected chi connectivity index (χ0v) is 13.5. The summed E-state index contributed by atoms with van der Waals surface area (Å²) < 4.78 is 34.8. The van der Waals surface area contributed by atoms with Gasteiger partial charge in [0, 0.05) is 0 Å². The largest absolute Gasteiger partial charge is 0.494 e. The smallest absolute Gasteiger partial charge is 0.324 e. The van der Waals surface area contributed by atoms with Gasteiger partial charge in [-0.2, -0.15) is 0 Å². The lowest BCUT2D eigenvalue weighted by atomic mass is 10.3. The van der Waals surface area contributed by atoms with Crippen molar-refractivity contribution in [3.63, 3.8) is 0 Å². The Morgan fingerprint density at radius 2 is 1.81 bits per heavy atom. The molecule has 21 heavy (non-hydrogen) atoms. The number of esters is 1. The molecule has 0 saturated heterocycles. The average Bonchev–Trinajstić information content (AvgIpc) is 2.47. The van der Waals surface area contributed by atoms with E-state index in [-0.39, 0.29) is 11.5 Å². The summed E-state index contributed by atoms with van der Waals surface area (Å²) in [6.45, 7) is 5.79. The third-order valence-electron chi connectivity index (χ3n) is 3.00. The van der Waals surface area contributed by atoms with E-state index in [1.165, 1.54) is 19.1 Å². The number of unbranched alkanes of at least 4 members (excludes halogenated alkanes) is 1. The minimum Gasteiger partial charge on any atom is -0.494 e. The van der Waals surface area contributed by atoms with Gasteiger partial charge in [-0.25, -0.2) is 8.42 Å². The Hall–Kier alpha value is -1.56. The maximum Gasteiger partial charge on any atom is 0.324 e. The van der Waals surface area contributed by atoms with E-state index in [0.717, 1.165) is 12.8 Å². The molecule has 6 heteroatoms. The molecule has 1 aromatic carbocycles. The van der Waals surface area contributed by atoms with Gasteiger partial charge in [0.2, 0.25) is 0 Å². The molecule has 0 aliphatic heterocycles. The molecule has 0 aromatic heterocycles. The van der Waals surface area contributed by atoms with E-state index in [1.54, 1.807) is 19.1 Å². The van der Waals surface area contributed by atoms with Crippen molar-refractivity contribution in [3.8, 4) is 5.75 Å². The quantitative estimate of drug-likeness (QED) is 0.545. The summed E-state index contributed by atoms with van der Waals surface area (Å²) in [6.07, 6.45) is 1.98. The van der Waals surface area contributed by atoms with Crippen LogP contribution in [0.5, 0.6) is 5.75 Å². The number of carbonyl (C=O) groups is 1. The first-order valence-electron chi connectivity index (χ1n) is 7.06. The fourth-order valence-corrected chi connectivity index (χ4v) is 2.90. The van der Waals surface area contributed by atoms with Crippen molar-refractivity contribution in [1.29, 1.82) is 0 Å². The number of hydrogen-bond donors (Lipinski definition) is 0. The average molecular weight is 314 g/mol. The number of rotatable bonds is 8. The second-order valence-electron chi connectivity index (χ2n) is 4.61. The Morgan fingerprint density at radius 1 is 1.19 bits per heavy atom. The van der Waals surface area contributed by atoms with Crippen LogP contribution in [0.1, 0.15) is 33.6 Å². The SMILES string of the molecule is CCCCOc1ccc(S(=O)(=O)C(C)C(=O)OCC)cc1. The summed E-state index contributed by atoms with van der Waals surface area (Å²) in [5.74, 6) is -0.119. The minimum absolute atomic E-state index is 0.0888. The molecule has 0 heterocycles. The van der Waals surface area contributed by atoms with Gasteiger partial charge in [0.15, 0.2) is 15.1 Å².